The number of pyridine rings is 1. The van der Waals surface area contributed by atoms with Crippen molar-refractivity contribution >= 4 is 5.69 Å². The Morgan fingerprint density at radius 1 is 1.29 bits per heavy atom. The molecule has 0 saturated heterocycles. The van der Waals surface area contributed by atoms with Crippen LogP contribution in [0.25, 0.3) is 0 Å². The second kappa shape index (κ2) is 8.07. The molecule has 0 radical (unpaired) electrons. The number of anilines is 1. The number of nitrogens with zero attached hydrogens (tertiary/aromatic N) is 2. The Morgan fingerprint density at radius 3 is 2.82 bits per heavy atom. The van der Waals surface area contributed by atoms with Gasteiger partial charge in [0, 0.05) is 43.8 Å². The highest BCUT2D eigenvalue weighted by molar-refractivity contribution is 5.51. The second-order valence-electron chi connectivity index (χ2n) is 4.41. The Labute approximate surface area is 105 Å². The van der Waals surface area contributed by atoms with Gasteiger partial charge in [0.1, 0.15) is 0 Å². The first-order valence-electron chi connectivity index (χ1n) is 6.64. The lowest BCUT2D eigenvalue weighted by Crippen LogP contribution is -2.22. The lowest BCUT2D eigenvalue weighted by atomic mass is 10.2. The van der Waals surface area contributed by atoms with E-state index in [9.17, 15) is 0 Å². The van der Waals surface area contributed by atoms with Crippen LogP contribution < -0.4 is 10.2 Å². The van der Waals surface area contributed by atoms with Crippen molar-refractivity contribution in [2.45, 2.75) is 39.7 Å². The zero-order valence-corrected chi connectivity index (χ0v) is 11.4. The summed E-state index contributed by atoms with van der Waals surface area (Å²) in [4.78, 5) is 6.55. The first-order valence-corrected chi connectivity index (χ1v) is 6.64. The fraction of sp³-hybridized carbons (Fsp3) is 0.643. The van der Waals surface area contributed by atoms with E-state index in [0.29, 0.717) is 0 Å². The zero-order valence-electron chi connectivity index (χ0n) is 11.4. The van der Waals surface area contributed by atoms with Gasteiger partial charge in [0.15, 0.2) is 0 Å². The highest BCUT2D eigenvalue weighted by Gasteiger charge is 2.06. The van der Waals surface area contributed by atoms with Gasteiger partial charge in [-0.05, 0) is 19.0 Å². The number of hydrogen-bond acceptors (Lipinski definition) is 3. The van der Waals surface area contributed by atoms with E-state index in [-0.39, 0.29) is 0 Å². The molecule has 0 amide bonds. The van der Waals surface area contributed by atoms with Gasteiger partial charge < -0.3 is 10.2 Å². The van der Waals surface area contributed by atoms with Gasteiger partial charge in [-0.25, -0.2) is 0 Å². The van der Waals surface area contributed by atoms with Crippen LogP contribution in [0.3, 0.4) is 0 Å². The van der Waals surface area contributed by atoms with Crippen molar-refractivity contribution in [1.29, 1.82) is 0 Å². The third-order valence-corrected chi connectivity index (χ3v) is 2.95. The number of aromatic nitrogens is 1. The third-order valence-electron chi connectivity index (χ3n) is 2.95. The SMILES string of the molecule is CCCCCN(C)c1ccncc1CNCC. The van der Waals surface area contributed by atoms with Crippen LogP contribution >= 0.6 is 0 Å². The number of nitrogens with one attached hydrogen (secondary N) is 1. The number of rotatable bonds is 8. The Morgan fingerprint density at radius 2 is 2.12 bits per heavy atom. The molecule has 3 heteroatoms. The molecule has 1 rings (SSSR count). The van der Waals surface area contributed by atoms with Crippen LogP contribution in [0.5, 0.6) is 0 Å². The summed E-state index contributed by atoms with van der Waals surface area (Å²) in [5, 5.41) is 3.36. The molecule has 1 aromatic heterocycles. The van der Waals surface area contributed by atoms with Crippen LogP contribution in [0.1, 0.15) is 38.7 Å². The molecule has 0 atom stereocenters. The van der Waals surface area contributed by atoms with Crippen molar-refractivity contribution in [2.24, 2.45) is 0 Å². The summed E-state index contributed by atoms with van der Waals surface area (Å²) in [5.41, 5.74) is 2.59. The molecule has 0 aliphatic rings. The molecule has 1 aromatic rings. The van der Waals surface area contributed by atoms with Crippen LogP contribution in [-0.2, 0) is 6.54 Å². The molecular formula is C14H25N3. The van der Waals surface area contributed by atoms with Crippen molar-refractivity contribution in [3.05, 3.63) is 24.0 Å². The molecule has 1 N–H and O–H groups in total. The zero-order chi connectivity index (χ0) is 12.5. The van der Waals surface area contributed by atoms with Gasteiger partial charge in [-0.1, -0.05) is 26.7 Å². The van der Waals surface area contributed by atoms with Gasteiger partial charge in [0.2, 0.25) is 0 Å². The number of hydrogen-bond donors (Lipinski definition) is 1. The smallest absolute Gasteiger partial charge is 0.0440 e. The van der Waals surface area contributed by atoms with E-state index in [1.54, 1.807) is 0 Å². The second-order valence-corrected chi connectivity index (χ2v) is 4.41. The van der Waals surface area contributed by atoms with Crippen LogP contribution in [0.15, 0.2) is 18.5 Å². The fourth-order valence-corrected chi connectivity index (χ4v) is 1.91. The van der Waals surface area contributed by atoms with E-state index in [0.717, 1.165) is 19.6 Å². The minimum Gasteiger partial charge on any atom is -0.374 e. The van der Waals surface area contributed by atoms with E-state index in [2.05, 4.69) is 42.2 Å². The van der Waals surface area contributed by atoms with Crippen LogP contribution in [0.4, 0.5) is 5.69 Å². The summed E-state index contributed by atoms with van der Waals surface area (Å²) in [7, 11) is 2.17. The highest BCUT2D eigenvalue weighted by Crippen LogP contribution is 2.18. The molecule has 96 valence electrons. The Hall–Kier alpha value is -1.09. The largest absolute Gasteiger partial charge is 0.374 e. The predicted octanol–water partition coefficient (Wildman–Crippen LogP) is 2.82. The Kier molecular flexibility index (Phi) is 6.63. The van der Waals surface area contributed by atoms with Crippen molar-refractivity contribution in [3.63, 3.8) is 0 Å². The molecule has 17 heavy (non-hydrogen) atoms. The first kappa shape index (κ1) is 14.0. The van der Waals surface area contributed by atoms with E-state index in [1.807, 2.05) is 12.4 Å². The molecule has 0 spiro atoms. The van der Waals surface area contributed by atoms with E-state index >= 15 is 0 Å². The van der Waals surface area contributed by atoms with Gasteiger partial charge in [-0.2, -0.15) is 0 Å². The van der Waals surface area contributed by atoms with Crippen LogP contribution in [-0.4, -0.2) is 25.1 Å². The van der Waals surface area contributed by atoms with Gasteiger partial charge in [0.25, 0.3) is 0 Å². The van der Waals surface area contributed by atoms with Crippen molar-refractivity contribution in [1.82, 2.24) is 10.3 Å². The van der Waals surface area contributed by atoms with E-state index in [1.165, 1.54) is 30.5 Å². The Bertz CT molecular complexity index is 312. The average molecular weight is 235 g/mol. The van der Waals surface area contributed by atoms with Gasteiger partial charge in [-0.15, -0.1) is 0 Å². The lowest BCUT2D eigenvalue weighted by Gasteiger charge is -2.22. The van der Waals surface area contributed by atoms with Crippen LogP contribution in [0, 0.1) is 0 Å². The van der Waals surface area contributed by atoms with Crippen molar-refractivity contribution in [3.8, 4) is 0 Å². The summed E-state index contributed by atoms with van der Waals surface area (Å²) in [5.74, 6) is 0. The quantitative estimate of drug-likeness (QED) is 0.702. The van der Waals surface area contributed by atoms with Crippen molar-refractivity contribution in [2.75, 3.05) is 25.0 Å². The lowest BCUT2D eigenvalue weighted by molar-refractivity contribution is 0.694. The monoisotopic (exact) mass is 235 g/mol. The minimum atomic E-state index is 0.901. The molecule has 0 fully saturated rings. The number of unbranched alkanes of at least 4 members (excludes halogenated alkanes) is 2. The maximum absolute atomic E-state index is 4.21. The van der Waals surface area contributed by atoms with Crippen molar-refractivity contribution < 1.29 is 0 Å². The molecule has 0 bridgehead atoms. The molecular weight excluding hydrogens is 210 g/mol. The molecule has 0 aliphatic heterocycles. The summed E-state index contributed by atoms with van der Waals surface area (Å²) in [6.07, 6.45) is 7.68. The summed E-state index contributed by atoms with van der Waals surface area (Å²) in [6, 6.07) is 2.11. The third kappa shape index (κ3) is 4.73. The molecule has 1 heterocycles. The predicted molar refractivity (Wildman–Crippen MR) is 74.4 cm³/mol. The molecule has 0 saturated carbocycles. The standard InChI is InChI=1S/C14H25N3/c1-4-6-7-10-17(3)14-8-9-16-12-13(14)11-15-5-2/h8-9,12,15H,4-7,10-11H2,1-3H3. The summed E-state index contributed by atoms with van der Waals surface area (Å²) >= 11 is 0. The molecule has 0 aromatic carbocycles. The van der Waals surface area contributed by atoms with Gasteiger partial charge in [-0.3, -0.25) is 4.98 Å². The molecule has 0 aliphatic carbocycles. The van der Waals surface area contributed by atoms with Gasteiger partial charge >= 0.3 is 0 Å². The van der Waals surface area contributed by atoms with Gasteiger partial charge in [0.05, 0.1) is 0 Å². The molecule has 3 nitrogen and oxygen atoms in total. The fourth-order valence-electron chi connectivity index (χ4n) is 1.91. The first-order chi connectivity index (χ1) is 8.29. The topological polar surface area (TPSA) is 28.2 Å². The molecule has 0 unspecified atom stereocenters. The normalized spacial score (nSPS) is 10.5. The average Bonchev–Trinajstić information content (AvgIpc) is 2.37. The Balaban J connectivity index is 2.60. The van der Waals surface area contributed by atoms with E-state index in [4.69, 9.17) is 0 Å². The maximum atomic E-state index is 4.21. The maximum Gasteiger partial charge on any atom is 0.0440 e. The minimum absolute atomic E-state index is 0.901. The highest BCUT2D eigenvalue weighted by atomic mass is 15.1. The van der Waals surface area contributed by atoms with Crippen LogP contribution in [0.2, 0.25) is 0 Å². The summed E-state index contributed by atoms with van der Waals surface area (Å²) in [6.45, 7) is 7.38. The van der Waals surface area contributed by atoms with E-state index < -0.39 is 0 Å². The summed E-state index contributed by atoms with van der Waals surface area (Å²) < 4.78 is 0.